The molecule has 10 nitrogen and oxygen atoms in total. The number of nitrogens with one attached hydrogen (secondary N) is 1. The molecular weight excluding hydrogens is 400 g/mol. The van der Waals surface area contributed by atoms with Gasteiger partial charge in [-0.2, -0.15) is 4.98 Å². The molecule has 1 aliphatic rings. The van der Waals surface area contributed by atoms with Crippen molar-refractivity contribution < 1.29 is 14.3 Å². The Morgan fingerprint density at radius 2 is 2.06 bits per heavy atom. The van der Waals surface area contributed by atoms with Crippen molar-refractivity contribution in [1.82, 2.24) is 19.2 Å². The van der Waals surface area contributed by atoms with Crippen LogP contribution >= 0.6 is 0 Å². The number of piperidine rings is 1. The lowest BCUT2D eigenvalue weighted by Gasteiger charge is -2.31. The quantitative estimate of drug-likeness (QED) is 0.619. The standard InChI is InChI=1S/C21H24N6O4/c1-14-6-5-10-25(12-14)17-9-11-26-20(23-17)24-27(21(26)30)13-18(28)22-16-8-4-3-7-15(16)19(29)31-2/h3-4,7-9,11,14H,5-6,10,12-13H2,1-2H3,(H,22,28)/t14-/m0/s1. The van der Waals surface area contributed by atoms with Gasteiger partial charge in [-0.3, -0.25) is 4.79 Å². The van der Waals surface area contributed by atoms with Crippen LogP contribution < -0.4 is 15.9 Å². The molecule has 0 unspecified atom stereocenters. The first kappa shape index (κ1) is 20.6. The van der Waals surface area contributed by atoms with Crippen LogP contribution in [0.3, 0.4) is 0 Å². The lowest BCUT2D eigenvalue weighted by atomic mass is 10.0. The molecule has 1 fully saturated rings. The molecule has 1 aliphatic heterocycles. The van der Waals surface area contributed by atoms with Crippen molar-refractivity contribution in [2.24, 2.45) is 5.92 Å². The zero-order valence-corrected chi connectivity index (χ0v) is 17.4. The summed E-state index contributed by atoms with van der Waals surface area (Å²) in [4.78, 5) is 43.7. The molecule has 31 heavy (non-hydrogen) atoms. The van der Waals surface area contributed by atoms with E-state index in [2.05, 4.69) is 27.2 Å². The number of anilines is 2. The molecule has 0 radical (unpaired) electrons. The molecule has 0 saturated carbocycles. The van der Waals surface area contributed by atoms with Gasteiger partial charge in [-0.15, -0.1) is 5.10 Å². The van der Waals surface area contributed by atoms with Crippen LogP contribution in [0.15, 0.2) is 41.3 Å². The highest BCUT2D eigenvalue weighted by atomic mass is 16.5. The molecular formula is C21H24N6O4. The summed E-state index contributed by atoms with van der Waals surface area (Å²) in [6, 6.07) is 8.29. The number of carbonyl (C=O) groups excluding carboxylic acids is 2. The molecule has 10 heteroatoms. The van der Waals surface area contributed by atoms with E-state index in [0.29, 0.717) is 11.6 Å². The Kier molecular flexibility index (Phi) is 5.70. The number of para-hydroxylation sites is 1. The van der Waals surface area contributed by atoms with E-state index in [-0.39, 0.29) is 17.9 Å². The van der Waals surface area contributed by atoms with Crippen LogP contribution in [0.2, 0.25) is 0 Å². The number of esters is 1. The number of nitrogens with zero attached hydrogens (tertiary/aromatic N) is 5. The van der Waals surface area contributed by atoms with Crippen molar-refractivity contribution in [3.63, 3.8) is 0 Å². The molecule has 3 heterocycles. The van der Waals surface area contributed by atoms with Gasteiger partial charge in [-0.05, 0) is 37.0 Å². The fraction of sp³-hybridized carbons (Fsp3) is 0.381. The number of amides is 1. The Balaban J connectivity index is 1.54. The van der Waals surface area contributed by atoms with Crippen LogP contribution in [0.25, 0.3) is 5.78 Å². The van der Waals surface area contributed by atoms with E-state index in [1.165, 1.54) is 17.9 Å². The minimum Gasteiger partial charge on any atom is -0.465 e. The summed E-state index contributed by atoms with van der Waals surface area (Å²) in [5, 5.41) is 6.86. The summed E-state index contributed by atoms with van der Waals surface area (Å²) in [6.07, 6.45) is 3.93. The average molecular weight is 424 g/mol. The first-order valence-electron chi connectivity index (χ1n) is 10.1. The molecule has 1 atom stereocenters. The van der Waals surface area contributed by atoms with Gasteiger partial charge in [0, 0.05) is 19.3 Å². The predicted octanol–water partition coefficient (Wildman–Crippen LogP) is 1.55. The minimum absolute atomic E-state index is 0.225. The van der Waals surface area contributed by atoms with Gasteiger partial charge in [0.1, 0.15) is 12.4 Å². The number of aromatic nitrogens is 4. The van der Waals surface area contributed by atoms with Crippen LogP contribution in [-0.2, 0) is 16.1 Å². The van der Waals surface area contributed by atoms with Gasteiger partial charge in [0.05, 0.1) is 18.4 Å². The highest BCUT2D eigenvalue weighted by Crippen LogP contribution is 2.21. The number of hydrogen-bond acceptors (Lipinski definition) is 7. The first-order chi connectivity index (χ1) is 15.0. The number of hydrogen-bond donors (Lipinski definition) is 1. The number of methoxy groups -OCH3 is 1. The second kappa shape index (κ2) is 8.58. The molecule has 1 saturated heterocycles. The maximum Gasteiger partial charge on any atom is 0.352 e. The zero-order chi connectivity index (χ0) is 22.0. The minimum atomic E-state index is -0.565. The highest BCUT2D eigenvalue weighted by Gasteiger charge is 2.20. The monoisotopic (exact) mass is 424 g/mol. The maximum atomic E-state index is 12.6. The van der Waals surface area contributed by atoms with Gasteiger partial charge in [0.2, 0.25) is 5.91 Å². The molecule has 3 aromatic rings. The molecule has 2 aromatic heterocycles. The lowest BCUT2D eigenvalue weighted by Crippen LogP contribution is -2.35. The van der Waals surface area contributed by atoms with Crippen LogP contribution in [-0.4, -0.2) is 51.2 Å². The van der Waals surface area contributed by atoms with Crippen LogP contribution in [0.5, 0.6) is 0 Å². The maximum absolute atomic E-state index is 12.6. The Morgan fingerprint density at radius 3 is 2.84 bits per heavy atom. The summed E-state index contributed by atoms with van der Waals surface area (Å²) in [7, 11) is 1.27. The number of fused-ring (bicyclic) bond motifs is 1. The Hall–Kier alpha value is -3.69. The van der Waals surface area contributed by atoms with Gasteiger partial charge in [-0.1, -0.05) is 19.1 Å². The van der Waals surface area contributed by atoms with Gasteiger partial charge in [-0.25, -0.2) is 18.7 Å². The topological polar surface area (TPSA) is 111 Å². The van der Waals surface area contributed by atoms with E-state index in [1.807, 2.05) is 0 Å². The summed E-state index contributed by atoms with van der Waals surface area (Å²) < 4.78 is 7.10. The average Bonchev–Trinajstić information content (AvgIpc) is 3.08. The molecule has 1 N–H and O–H groups in total. The Bertz CT molecular complexity index is 1180. The third kappa shape index (κ3) is 4.27. The summed E-state index contributed by atoms with van der Waals surface area (Å²) in [6.45, 7) is 3.73. The van der Waals surface area contributed by atoms with E-state index >= 15 is 0 Å². The number of benzene rings is 1. The second-order valence-corrected chi connectivity index (χ2v) is 7.67. The normalized spacial score (nSPS) is 16.3. The number of ether oxygens (including phenoxy) is 1. The van der Waals surface area contributed by atoms with Crippen molar-refractivity contribution in [1.29, 1.82) is 0 Å². The van der Waals surface area contributed by atoms with Crippen molar-refractivity contribution in [2.45, 2.75) is 26.3 Å². The van der Waals surface area contributed by atoms with Crippen LogP contribution in [0, 0.1) is 5.92 Å². The first-order valence-corrected chi connectivity index (χ1v) is 10.1. The lowest BCUT2D eigenvalue weighted by molar-refractivity contribution is -0.117. The second-order valence-electron chi connectivity index (χ2n) is 7.67. The summed E-state index contributed by atoms with van der Waals surface area (Å²) in [5.74, 6) is 0.538. The molecule has 1 amide bonds. The SMILES string of the molecule is COC(=O)c1ccccc1NC(=O)Cn1nc2nc(N3CCC[C@H](C)C3)ccn2c1=O. The molecule has 1 aromatic carbocycles. The molecule has 4 rings (SSSR count). The summed E-state index contributed by atoms with van der Waals surface area (Å²) in [5.41, 5.74) is 0.0658. The molecule has 0 bridgehead atoms. The van der Waals surface area contributed by atoms with E-state index in [4.69, 9.17) is 4.74 Å². The van der Waals surface area contributed by atoms with Gasteiger partial charge in [0.15, 0.2) is 0 Å². The van der Waals surface area contributed by atoms with Crippen molar-refractivity contribution in [2.75, 3.05) is 30.4 Å². The van der Waals surface area contributed by atoms with Crippen LogP contribution in [0.1, 0.15) is 30.1 Å². The fourth-order valence-corrected chi connectivity index (χ4v) is 3.78. The third-order valence-electron chi connectivity index (χ3n) is 5.32. The predicted molar refractivity (Wildman–Crippen MR) is 114 cm³/mol. The smallest absolute Gasteiger partial charge is 0.352 e. The summed E-state index contributed by atoms with van der Waals surface area (Å²) >= 11 is 0. The zero-order valence-electron chi connectivity index (χ0n) is 17.4. The van der Waals surface area contributed by atoms with Crippen molar-refractivity contribution >= 4 is 29.2 Å². The van der Waals surface area contributed by atoms with Gasteiger partial charge >= 0.3 is 11.7 Å². The van der Waals surface area contributed by atoms with E-state index in [0.717, 1.165) is 30.0 Å². The molecule has 0 spiro atoms. The third-order valence-corrected chi connectivity index (χ3v) is 5.32. The van der Waals surface area contributed by atoms with Crippen molar-refractivity contribution in [3.8, 4) is 0 Å². The van der Waals surface area contributed by atoms with Crippen molar-refractivity contribution in [3.05, 3.63) is 52.6 Å². The Morgan fingerprint density at radius 1 is 1.26 bits per heavy atom. The fourth-order valence-electron chi connectivity index (χ4n) is 3.78. The highest BCUT2D eigenvalue weighted by molar-refractivity contribution is 6.01. The molecule has 162 valence electrons. The van der Waals surface area contributed by atoms with E-state index < -0.39 is 17.6 Å². The Labute approximate surface area is 178 Å². The number of rotatable bonds is 5. The number of carbonyl (C=O) groups is 2. The van der Waals surface area contributed by atoms with Gasteiger partial charge < -0.3 is 15.0 Å². The molecule has 0 aliphatic carbocycles. The van der Waals surface area contributed by atoms with Crippen LogP contribution in [0.4, 0.5) is 11.5 Å². The van der Waals surface area contributed by atoms with E-state index in [9.17, 15) is 14.4 Å². The largest absolute Gasteiger partial charge is 0.465 e. The van der Waals surface area contributed by atoms with Gasteiger partial charge in [0.25, 0.3) is 5.78 Å². The van der Waals surface area contributed by atoms with E-state index in [1.54, 1.807) is 36.5 Å².